The molecular weight excluding hydrogens is 498 g/mol. The molecule has 0 saturated heterocycles. The molecule has 8 heteroatoms. The molecule has 0 fully saturated rings. The molecule has 206 valence electrons. The number of thioether (sulfide) groups is 1. The van der Waals surface area contributed by atoms with Crippen molar-refractivity contribution in [2.75, 3.05) is 17.3 Å². The normalized spacial score (nSPS) is 12.8. The second-order valence-electron chi connectivity index (χ2n) is 10.4. The van der Waals surface area contributed by atoms with Crippen molar-refractivity contribution in [2.24, 2.45) is 0 Å². The predicted octanol–water partition coefficient (Wildman–Crippen LogP) is 6.20. The van der Waals surface area contributed by atoms with Gasteiger partial charge in [-0.05, 0) is 88.8 Å². The Morgan fingerprint density at radius 3 is 2.37 bits per heavy atom. The van der Waals surface area contributed by atoms with E-state index in [0.717, 1.165) is 11.1 Å². The summed E-state index contributed by atoms with van der Waals surface area (Å²) in [7, 11) is 0. The maximum absolute atomic E-state index is 14.1. The number of amides is 3. The molecular formula is C30H41N3O4S. The van der Waals surface area contributed by atoms with Crippen molar-refractivity contribution in [1.82, 2.24) is 10.2 Å². The average molecular weight is 540 g/mol. The number of benzene rings is 2. The molecule has 7 nitrogen and oxygen atoms in total. The minimum Gasteiger partial charge on any atom is -0.444 e. The van der Waals surface area contributed by atoms with Gasteiger partial charge in [-0.15, -0.1) is 0 Å². The highest BCUT2D eigenvalue weighted by molar-refractivity contribution is 7.98. The van der Waals surface area contributed by atoms with Crippen molar-refractivity contribution in [3.63, 3.8) is 0 Å². The van der Waals surface area contributed by atoms with E-state index >= 15 is 0 Å². The lowest BCUT2D eigenvalue weighted by Gasteiger charge is -2.37. The molecule has 0 spiro atoms. The smallest absolute Gasteiger partial charge is 0.408 e. The van der Waals surface area contributed by atoms with E-state index in [2.05, 4.69) is 17.2 Å². The van der Waals surface area contributed by atoms with Crippen molar-refractivity contribution >= 4 is 41.4 Å². The lowest BCUT2D eigenvalue weighted by atomic mass is 9.98. The van der Waals surface area contributed by atoms with Crippen LogP contribution >= 0.6 is 11.8 Å². The summed E-state index contributed by atoms with van der Waals surface area (Å²) in [5, 5.41) is 5.77. The quantitative estimate of drug-likeness (QED) is 0.355. The standard InChI is InChI=1S/C30H41N3O4S/c1-9-22-14-12-15-23(19-22)26(27(34)31-24-16-11-10-13-21(24)4)33(20(2)3)28(35)25(17-18-38-8)32-29(36)37-30(5,6)7/h9-16,19-20,25-26H,1,17-18H2,2-8H3,(H,31,34)(H,32,36). The summed E-state index contributed by atoms with van der Waals surface area (Å²) >= 11 is 1.57. The largest absolute Gasteiger partial charge is 0.444 e. The summed E-state index contributed by atoms with van der Waals surface area (Å²) in [6.45, 7) is 14.8. The van der Waals surface area contributed by atoms with Gasteiger partial charge in [0, 0.05) is 11.7 Å². The summed E-state index contributed by atoms with van der Waals surface area (Å²) in [4.78, 5) is 42.3. The molecule has 0 aliphatic rings. The van der Waals surface area contributed by atoms with Crippen LogP contribution in [0.15, 0.2) is 55.1 Å². The molecule has 2 atom stereocenters. The Labute approximate surface area is 231 Å². The minimum atomic E-state index is -0.945. The number of carbonyl (C=O) groups is 3. The van der Waals surface area contributed by atoms with E-state index in [1.165, 1.54) is 0 Å². The van der Waals surface area contributed by atoms with E-state index < -0.39 is 23.8 Å². The highest BCUT2D eigenvalue weighted by Gasteiger charge is 2.38. The van der Waals surface area contributed by atoms with Gasteiger partial charge in [0.15, 0.2) is 0 Å². The first-order chi connectivity index (χ1) is 17.9. The average Bonchev–Trinajstić information content (AvgIpc) is 2.84. The number of para-hydroxylation sites is 1. The molecule has 38 heavy (non-hydrogen) atoms. The van der Waals surface area contributed by atoms with Crippen LogP contribution in [0.5, 0.6) is 0 Å². The van der Waals surface area contributed by atoms with Crippen LogP contribution in [0.2, 0.25) is 0 Å². The van der Waals surface area contributed by atoms with E-state index in [-0.39, 0.29) is 17.9 Å². The van der Waals surface area contributed by atoms with Gasteiger partial charge in [-0.2, -0.15) is 11.8 Å². The molecule has 0 heterocycles. The van der Waals surface area contributed by atoms with Crippen molar-refractivity contribution in [3.05, 3.63) is 71.8 Å². The van der Waals surface area contributed by atoms with E-state index in [1.54, 1.807) is 43.5 Å². The molecule has 0 radical (unpaired) electrons. The van der Waals surface area contributed by atoms with Crippen molar-refractivity contribution in [1.29, 1.82) is 0 Å². The van der Waals surface area contributed by atoms with Gasteiger partial charge >= 0.3 is 6.09 Å². The number of hydrogen-bond donors (Lipinski definition) is 2. The number of ether oxygens (including phenoxy) is 1. The number of anilines is 1. The molecule has 0 aliphatic heterocycles. The third-order valence-corrected chi connectivity index (χ3v) is 6.45. The Morgan fingerprint density at radius 1 is 1.11 bits per heavy atom. The molecule has 2 N–H and O–H groups in total. The van der Waals surface area contributed by atoms with Gasteiger partial charge in [0.2, 0.25) is 5.91 Å². The maximum atomic E-state index is 14.1. The molecule has 0 saturated carbocycles. The number of hydrogen-bond acceptors (Lipinski definition) is 5. The number of nitrogens with zero attached hydrogens (tertiary/aromatic N) is 1. The first-order valence-electron chi connectivity index (χ1n) is 12.8. The zero-order valence-corrected chi connectivity index (χ0v) is 24.4. The SMILES string of the molecule is C=Cc1cccc(C(C(=O)Nc2ccccc2C)N(C(=O)C(CCSC)NC(=O)OC(C)(C)C)C(C)C)c1. The van der Waals surface area contributed by atoms with E-state index in [9.17, 15) is 14.4 Å². The second kappa shape index (κ2) is 14.0. The lowest BCUT2D eigenvalue weighted by Crippen LogP contribution is -2.54. The van der Waals surface area contributed by atoms with Gasteiger partial charge in [-0.1, -0.05) is 49.1 Å². The highest BCUT2D eigenvalue weighted by Crippen LogP contribution is 2.28. The van der Waals surface area contributed by atoms with Crippen LogP contribution in [0.4, 0.5) is 10.5 Å². The summed E-state index contributed by atoms with van der Waals surface area (Å²) < 4.78 is 5.44. The van der Waals surface area contributed by atoms with E-state index in [0.29, 0.717) is 23.4 Å². The van der Waals surface area contributed by atoms with Crippen LogP contribution in [0.3, 0.4) is 0 Å². The van der Waals surface area contributed by atoms with Crippen LogP contribution in [-0.4, -0.2) is 52.5 Å². The molecule has 0 aliphatic carbocycles. The van der Waals surface area contributed by atoms with Crippen LogP contribution < -0.4 is 10.6 Å². The molecule has 0 bridgehead atoms. The van der Waals surface area contributed by atoms with Crippen LogP contribution in [0.1, 0.15) is 63.8 Å². The predicted molar refractivity (Wildman–Crippen MR) is 157 cm³/mol. The maximum Gasteiger partial charge on any atom is 0.408 e. The molecule has 2 aromatic rings. The van der Waals surface area contributed by atoms with E-state index in [4.69, 9.17) is 4.74 Å². The van der Waals surface area contributed by atoms with Gasteiger partial charge in [-0.3, -0.25) is 9.59 Å². The third kappa shape index (κ3) is 8.94. The Kier molecular flexibility index (Phi) is 11.4. The van der Waals surface area contributed by atoms with Crippen molar-refractivity contribution in [2.45, 2.75) is 71.7 Å². The number of rotatable bonds is 11. The van der Waals surface area contributed by atoms with Crippen molar-refractivity contribution < 1.29 is 19.1 Å². The highest BCUT2D eigenvalue weighted by atomic mass is 32.2. The summed E-state index contributed by atoms with van der Waals surface area (Å²) in [6, 6.07) is 12.8. The van der Waals surface area contributed by atoms with Gasteiger partial charge in [0.25, 0.3) is 5.91 Å². The first-order valence-corrected chi connectivity index (χ1v) is 14.2. The van der Waals surface area contributed by atoms with Crippen LogP contribution in [0.25, 0.3) is 6.08 Å². The van der Waals surface area contributed by atoms with Crippen molar-refractivity contribution in [3.8, 4) is 0 Å². The minimum absolute atomic E-state index is 0.344. The number of nitrogens with one attached hydrogen (secondary N) is 2. The topological polar surface area (TPSA) is 87.7 Å². The Balaban J connectivity index is 2.54. The lowest BCUT2D eigenvalue weighted by molar-refractivity contribution is -0.143. The van der Waals surface area contributed by atoms with Gasteiger partial charge < -0.3 is 20.3 Å². The monoisotopic (exact) mass is 539 g/mol. The fourth-order valence-corrected chi connectivity index (χ4v) is 4.48. The first kappa shape index (κ1) is 31.0. The summed E-state index contributed by atoms with van der Waals surface area (Å²) in [5.41, 5.74) is 2.35. The fraction of sp³-hybridized carbons (Fsp3) is 0.433. The fourth-order valence-electron chi connectivity index (χ4n) is 4.01. The van der Waals surface area contributed by atoms with Crippen LogP contribution in [-0.2, 0) is 14.3 Å². The zero-order valence-electron chi connectivity index (χ0n) is 23.5. The van der Waals surface area contributed by atoms with E-state index in [1.807, 2.05) is 75.6 Å². The molecule has 0 aromatic heterocycles. The van der Waals surface area contributed by atoms with Gasteiger partial charge in [-0.25, -0.2) is 4.79 Å². The molecule has 2 aromatic carbocycles. The summed E-state index contributed by atoms with van der Waals surface area (Å²) in [5.74, 6) is -0.0539. The Bertz CT molecular complexity index is 1130. The Morgan fingerprint density at radius 2 is 1.79 bits per heavy atom. The Hall–Kier alpha value is -3.26. The molecule has 3 amide bonds. The third-order valence-electron chi connectivity index (χ3n) is 5.80. The molecule has 2 unspecified atom stereocenters. The second-order valence-corrected chi connectivity index (χ2v) is 11.4. The number of alkyl carbamates (subject to hydrolysis) is 1. The van der Waals surface area contributed by atoms with Gasteiger partial charge in [0.1, 0.15) is 17.7 Å². The molecule has 2 rings (SSSR count). The number of carbonyl (C=O) groups excluding carboxylic acids is 3. The van der Waals surface area contributed by atoms with Gasteiger partial charge in [0.05, 0.1) is 0 Å². The number of aryl methyl sites for hydroxylation is 1. The zero-order chi connectivity index (χ0) is 28.5. The summed E-state index contributed by atoms with van der Waals surface area (Å²) in [6.07, 6.45) is 3.36. The van der Waals surface area contributed by atoms with Crippen LogP contribution in [0, 0.1) is 6.92 Å².